The Morgan fingerprint density at radius 1 is 1.09 bits per heavy atom. The van der Waals surface area contributed by atoms with Crippen molar-refractivity contribution in [1.82, 2.24) is 4.90 Å². The van der Waals surface area contributed by atoms with Crippen LogP contribution in [0.15, 0.2) is 66.7 Å². The first-order valence-electron chi connectivity index (χ1n) is 11.4. The van der Waals surface area contributed by atoms with Crippen LogP contribution in [0.5, 0.6) is 5.75 Å². The molecule has 35 heavy (non-hydrogen) atoms. The molecule has 3 aromatic carbocycles. The number of ether oxygens (including phenoxy) is 1. The Balaban J connectivity index is 1.55. The lowest BCUT2D eigenvalue weighted by Crippen LogP contribution is -2.49. The zero-order chi connectivity index (χ0) is 24.8. The van der Waals surface area contributed by atoms with E-state index in [0.29, 0.717) is 42.6 Å². The number of rotatable bonds is 8. The number of β-amino-alcohol motifs (C(OH)–C–C–N with tert-alkyl or cyclic N) is 1. The molecular formula is C27H27ClFN3O3. The summed E-state index contributed by atoms with van der Waals surface area (Å²) in [6.45, 7) is 9.61. The topological polar surface area (TPSA) is 60.5 Å². The van der Waals surface area contributed by atoms with Crippen molar-refractivity contribution in [2.45, 2.75) is 12.1 Å². The zero-order valence-electron chi connectivity index (χ0n) is 19.1. The fourth-order valence-corrected chi connectivity index (χ4v) is 4.64. The second kappa shape index (κ2) is 11.5. The third kappa shape index (κ3) is 6.11. The van der Waals surface area contributed by atoms with E-state index < -0.39 is 6.10 Å². The Bertz CT molecular complexity index is 1170. The van der Waals surface area contributed by atoms with Crippen LogP contribution < -0.4 is 9.64 Å². The maximum atomic E-state index is 13.6. The number of aliphatic hydroxyl groups excluding tert-OH is 2. The highest BCUT2D eigenvalue weighted by molar-refractivity contribution is 6.33. The van der Waals surface area contributed by atoms with Gasteiger partial charge in [-0.05, 0) is 35.4 Å². The standard InChI is InChI=1S/C27H27ClFN3O3/c1-30-22-8-4-20(5-9-22)27(34)18-31-12-13-32(26(17-31)19-2-6-21(29)7-3-19)25-11-10-23(16-24(25)28)35-15-14-33/h2-11,16,26-27,33-34H,12-15,17-18H2/t26-,27+/m0/s1. The van der Waals surface area contributed by atoms with E-state index in [4.69, 9.17) is 28.0 Å². The van der Waals surface area contributed by atoms with Crippen molar-refractivity contribution in [3.05, 3.63) is 100 Å². The van der Waals surface area contributed by atoms with E-state index in [2.05, 4.69) is 14.6 Å². The molecule has 1 aliphatic rings. The van der Waals surface area contributed by atoms with Crippen LogP contribution in [0, 0.1) is 12.4 Å². The van der Waals surface area contributed by atoms with Gasteiger partial charge in [-0.3, -0.25) is 4.90 Å². The summed E-state index contributed by atoms with van der Waals surface area (Å²) in [6.07, 6.45) is -0.693. The van der Waals surface area contributed by atoms with E-state index in [9.17, 15) is 9.50 Å². The summed E-state index contributed by atoms with van der Waals surface area (Å²) in [5, 5.41) is 20.3. The first-order valence-corrected chi connectivity index (χ1v) is 11.8. The number of hydrogen-bond donors (Lipinski definition) is 2. The first kappa shape index (κ1) is 25.0. The van der Waals surface area contributed by atoms with Crippen molar-refractivity contribution < 1.29 is 19.3 Å². The summed E-state index contributed by atoms with van der Waals surface area (Å²) in [4.78, 5) is 7.77. The van der Waals surface area contributed by atoms with Crippen molar-refractivity contribution in [1.29, 1.82) is 0 Å². The molecule has 0 aliphatic carbocycles. The van der Waals surface area contributed by atoms with Crippen LogP contribution in [0.2, 0.25) is 5.02 Å². The van der Waals surface area contributed by atoms with Gasteiger partial charge in [0.05, 0.1) is 36.0 Å². The maximum absolute atomic E-state index is 13.6. The largest absolute Gasteiger partial charge is 0.491 e. The highest BCUT2D eigenvalue weighted by Crippen LogP contribution is 2.37. The summed E-state index contributed by atoms with van der Waals surface area (Å²) < 4.78 is 19.1. The lowest BCUT2D eigenvalue weighted by Gasteiger charge is -2.44. The van der Waals surface area contributed by atoms with Gasteiger partial charge in [-0.1, -0.05) is 48.0 Å². The Morgan fingerprint density at radius 3 is 2.49 bits per heavy atom. The molecular weight excluding hydrogens is 469 g/mol. The summed E-state index contributed by atoms with van der Waals surface area (Å²) in [5.41, 5.74) is 3.09. The lowest BCUT2D eigenvalue weighted by molar-refractivity contribution is 0.100. The Kier molecular flexibility index (Phi) is 8.21. The van der Waals surface area contributed by atoms with Gasteiger partial charge in [-0.25, -0.2) is 9.24 Å². The van der Waals surface area contributed by atoms with E-state index in [-0.39, 0.29) is 25.1 Å². The number of anilines is 1. The average Bonchev–Trinajstić information content (AvgIpc) is 2.88. The van der Waals surface area contributed by atoms with Gasteiger partial charge in [0.25, 0.3) is 0 Å². The molecule has 0 bridgehead atoms. The Labute approximate surface area is 209 Å². The highest BCUT2D eigenvalue weighted by atomic mass is 35.5. The molecule has 1 fully saturated rings. The number of piperazine rings is 1. The number of halogens is 2. The van der Waals surface area contributed by atoms with Crippen molar-refractivity contribution in [2.24, 2.45) is 0 Å². The van der Waals surface area contributed by atoms with Gasteiger partial charge < -0.3 is 19.8 Å². The lowest BCUT2D eigenvalue weighted by atomic mass is 10.00. The third-order valence-corrected chi connectivity index (χ3v) is 6.45. The molecule has 0 radical (unpaired) electrons. The van der Waals surface area contributed by atoms with Gasteiger partial charge in [0.1, 0.15) is 18.2 Å². The normalized spacial score (nSPS) is 17.1. The number of nitrogens with zero attached hydrogens (tertiary/aromatic N) is 3. The van der Waals surface area contributed by atoms with Crippen LogP contribution in [0.4, 0.5) is 15.8 Å². The molecule has 0 aromatic heterocycles. The van der Waals surface area contributed by atoms with Gasteiger partial charge in [-0.2, -0.15) is 0 Å². The van der Waals surface area contributed by atoms with Crippen LogP contribution in [-0.4, -0.2) is 54.5 Å². The summed E-state index contributed by atoms with van der Waals surface area (Å²) in [7, 11) is 0. The molecule has 2 N–H and O–H groups in total. The molecule has 4 rings (SSSR count). The first-order chi connectivity index (χ1) is 17.0. The van der Waals surface area contributed by atoms with Crippen LogP contribution in [-0.2, 0) is 0 Å². The molecule has 1 aliphatic heterocycles. The number of benzene rings is 3. The zero-order valence-corrected chi connectivity index (χ0v) is 19.9. The van der Waals surface area contributed by atoms with Crippen molar-refractivity contribution >= 4 is 23.0 Å². The van der Waals surface area contributed by atoms with E-state index in [1.54, 1.807) is 42.5 Å². The minimum Gasteiger partial charge on any atom is -0.491 e. The second-order valence-electron chi connectivity index (χ2n) is 8.42. The van der Waals surface area contributed by atoms with E-state index >= 15 is 0 Å². The van der Waals surface area contributed by atoms with Gasteiger partial charge in [-0.15, -0.1) is 0 Å². The Hall–Kier alpha value is -3.15. The molecule has 182 valence electrons. The van der Waals surface area contributed by atoms with Crippen LogP contribution >= 0.6 is 11.6 Å². The van der Waals surface area contributed by atoms with Crippen LogP contribution in [0.25, 0.3) is 4.85 Å². The number of hydrogen-bond acceptors (Lipinski definition) is 5. The molecule has 0 amide bonds. The molecule has 1 saturated heterocycles. The molecule has 3 aromatic rings. The quantitative estimate of drug-likeness (QED) is 0.431. The maximum Gasteiger partial charge on any atom is 0.187 e. The fourth-order valence-electron chi connectivity index (χ4n) is 4.36. The molecule has 2 atom stereocenters. The van der Waals surface area contributed by atoms with Gasteiger partial charge in [0.15, 0.2) is 5.69 Å². The Morgan fingerprint density at radius 2 is 1.83 bits per heavy atom. The van der Waals surface area contributed by atoms with Crippen molar-refractivity contribution in [3.63, 3.8) is 0 Å². The molecule has 0 spiro atoms. The van der Waals surface area contributed by atoms with Crippen molar-refractivity contribution in [3.8, 4) is 5.75 Å². The molecule has 0 unspecified atom stereocenters. The van der Waals surface area contributed by atoms with Crippen molar-refractivity contribution in [2.75, 3.05) is 44.3 Å². The van der Waals surface area contributed by atoms with Gasteiger partial charge in [0.2, 0.25) is 0 Å². The molecule has 8 heteroatoms. The molecule has 6 nitrogen and oxygen atoms in total. The predicted molar refractivity (Wildman–Crippen MR) is 135 cm³/mol. The molecule has 1 heterocycles. The smallest absolute Gasteiger partial charge is 0.187 e. The summed E-state index contributed by atoms with van der Waals surface area (Å²) >= 11 is 6.63. The SMILES string of the molecule is [C-]#[N+]c1ccc([C@H](O)CN2CCN(c3ccc(OCCO)cc3Cl)[C@H](c3ccc(F)cc3)C2)cc1. The second-order valence-corrected chi connectivity index (χ2v) is 8.83. The van der Waals surface area contributed by atoms with Crippen LogP contribution in [0.3, 0.4) is 0 Å². The van der Waals surface area contributed by atoms with Crippen LogP contribution in [0.1, 0.15) is 23.3 Å². The van der Waals surface area contributed by atoms with E-state index in [1.165, 1.54) is 12.1 Å². The van der Waals surface area contributed by atoms with E-state index in [0.717, 1.165) is 16.8 Å². The highest BCUT2D eigenvalue weighted by Gasteiger charge is 2.31. The van der Waals surface area contributed by atoms with E-state index in [1.807, 2.05) is 12.1 Å². The predicted octanol–water partition coefficient (Wildman–Crippen LogP) is 5.00. The minimum absolute atomic E-state index is 0.0798. The monoisotopic (exact) mass is 495 g/mol. The van der Waals surface area contributed by atoms with Gasteiger partial charge in [0, 0.05) is 32.2 Å². The third-order valence-electron chi connectivity index (χ3n) is 6.15. The fraction of sp³-hybridized carbons (Fsp3) is 0.296. The van der Waals surface area contributed by atoms with Gasteiger partial charge >= 0.3 is 0 Å². The summed E-state index contributed by atoms with van der Waals surface area (Å²) in [5.74, 6) is 0.284. The number of aliphatic hydroxyl groups is 2. The minimum atomic E-state index is -0.693. The summed E-state index contributed by atoms with van der Waals surface area (Å²) in [6, 6.07) is 18.8. The molecule has 0 saturated carbocycles. The average molecular weight is 496 g/mol.